The van der Waals surface area contributed by atoms with Gasteiger partial charge in [0.25, 0.3) is 0 Å². The zero-order valence-electron chi connectivity index (χ0n) is 12.1. The SMILES string of the molecule is CCCC1OC2(c3ccc(C(Br)CBr)cc3)OCC1CO2. The van der Waals surface area contributed by atoms with Gasteiger partial charge in [0.2, 0.25) is 0 Å². The second kappa shape index (κ2) is 6.67. The molecule has 2 bridgehead atoms. The van der Waals surface area contributed by atoms with Gasteiger partial charge in [0.05, 0.1) is 19.3 Å². The Morgan fingerprint density at radius 1 is 1.24 bits per heavy atom. The van der Waals surface area contributed by atoms with E-state index in [0.29, 0.717) is 10.7 Å². The zero-order valence-corrected chi connectivity index (χ0v) is 15.2. The average Bonchev–Trinajstić information content (AvgIpc) is 2.56. The minimum Gasteiger partial charge on any atom is -0.323 e. The number of ether oxygens (including phenoxy) is 3. The molecule has 0 saturated carbocycles. The van der Waals surface area contributed by atoms with E-state index in [1.165, 1.54) is 5.56 Å². The highest BCUT2D eigenvalue weighted by Gasteiger charge is 2.50. The third-order valence-corrected chi connectivity index (χ3v) is 6.51. The van der Waals surface area contributed by atoms with E-state index in [4.69, 9.17) is 14.2 Å². The van der Waals surface area contributed by atoms with Crippen molar-refractivity contribution < 1.29 is 14.2 Å². The molecular formula is C16H20Br2O3. The molecule has 4 rings (SSSR count). The van der Waals surface area contributed by atoms with E-state index < -0.39 is 5.97 Å². The molecule has 3 aliphatic rings. The molecule has 3 nitrogen and oxygen atoms in total. The fourth-order valence-electron chi connectivity index (χ4n) is 2.90. The number of alkyl halides is 2. The Hall–Kier alpha value is 0.0600. The monoisotopic (exact) mass is 418 g/mol. The minimum atomic E-state index is -0.997. The normalized spacial score (nSPS) is 33.1. The summed E-state index contributed by atoms with van der Waals surface area (Å²) in [5.74, 6) is -0.630. The van der Waals surface area contributed by atoms with Gasteiger partial charge in [0, 0.05) is 21.6 Å². The van der Waals surface area contributed by atoms with Crippen LogP contribution >= 0.6 is 31.9 Å². The number of hydrogen-bond acceptors (Lipinski definition) is 3. The van der Waals surface area contributed by atoms with Crippen LogP contribution in [0.15, 0.2) is 24.3 Å². The van der Waals surface area contributed by atoms with Gasteiger partial charge >= 0.3 is 5.97 Å². The average molecular weight is 420 g/mol. The summed E-state index contributed by atoms with van der Waals surface area (Å²) in [6.45, 7) is 3.62. The Morgan fingerprint density at radius 2 is 1.90 bits per heavy atom. The summed E-state index contributed by atoms with van der Waals surface area (Å²) in [6, 6.07) is 8.27. The summed E-state index contributed by atoms with van der Waals surface area (Å²) in [5, 5.41) is 0.876. The molecule has 0 amide bonds. The summed E-state index contributed by atoms with van der Waals surface area (Å²) >= 11 is 7.11. The van der Waals surface area contributed by atoms with Crippen molar-refractivity contribution in [2.45, 2.75) is 36.7 Å². The summed E-state index contributed by atoms with van der Waals surface area (Å²) in [5.41, 5.74) is 2.17. The van der Waals surface area contributed by atoms with Crippen LogP contribution in [0, 0.1) is 5.92 Å². The molecule has 0 radical (unpaired) electrons. The van der Waals surface area contributed by atoms with Crippen LogP contribution in [-0.2, 0) is 20.2 Å². The van der Waals surface area contributed by atoms with E-state index in [-0.39, 0.29) is 6.10 Å². The molecule has 3 heterocycles. The highest BCUT2D eigenvalue weighted by atomic mass is 79.9. The lowest BCUT2D eigenvalue weighted by Gasteiger charge is -2.49. The van der Waals surface area contributed by atoms with Crippen molar-refractivity contribution in [3.05, 3.63) is 35.4 Å². The topological polar surface area (TPSA) is 27.7 Å². The quantitative estimate of drug-likeness (QED) is 0.658. The Morgan fingerprint density at radius 3 is 2.48 bits per heavy atom. The molecule has 21 heavy (non-hydrogen) atoms. The van der Waals surface area contributed by atoms with Crippen LogP contribution in [0.4, 0.5) is 0 Å². The van der Waals surface area contributed by atoms with Crippen LogP contribution in [0.5, 0.6) is 0 Å². The first-order valence-corrected chi connectivity index (χ1v) is 9.48. The van der Waals surface area contributed by atoms with Crippen LogP contribution in [0.3, 0.4) is 0 Å². The van der Waals surface area contributed by atoms with Gasteiger partial charge in [0.15, 0.2) is 0 Å². The first-order valence-electron chi connectivity index (χ1n) is 7.44. The Bertz CT molecular complexity index is 469. The fraction of sp³-hybridized carbons (Fsp3) is 0.625. The summed E-state index contributed by atoms with van der Waals surface area (Å²) in [7, 11) is 0. The Balaban J connectivity index is 1.81. The van der Waals surface area contributed by atoms with Gasteiger partial charge in [0.1, 0.15) is 0 Å². The predicted octanol–water partition coefficient (Wildman–Crippen LogP) is 4.49. The first kappa shape index (κ1) is 15.9. The molecule has 116 valence electrons. The van der Waals surface area contributed by atoms with Crippen molar-refractivity contribution in [1.82, 2.24) is 0 Å². The summed E-state index contributed by atoms with van der Waals surface area (Å²) in [4.78, 5) is 0.307. The van der Waals surface area contributed by atoms with E-state index in [0.717, 1.165) is 36.9 Å². The molecule has 1 aromatic carbocycles. The van der Waals surface area contributed by atoms with Gasteiger partial charge in [-0.1, -0.05) is 69.5 Å². The highest BCUT2D eigenvalue weighted by Crippen LogP contribution is 2.43. The molecule has 0 spiro atoms. The minimum absolute atomic E-state index is 0.239. The molecule has 3 fully saturated rings. The highest BCUT2D eigenvalue weighted by molar-refractivity contribution is 9.12. The van der Waals surface area contributed by atoms with Gasteiger partial charge in [-0.25, -0.2) is 0 Å². The van der Waals surface area contributed by atoms with E-state index in [1.54, 1.807) is 0 Å². The van der Waals surface area contributed by atoms with Crippen LogP contribution in [0.1, 0.15) is 35.7 Å². The van der Waals surface area contributed by atoms with Gasteiger partial charge in [-0.05, 0) is 12.0 Å². The second-order valence-corrected chi connectivity index (χ2v) is 7.38. The van der Waals surface area contributed by atoms with Crippen LogP contribution < -0.4 is 0 Å². The van der Waals surface area contributed by atoms with Gasteiger partial charge in [-0.15, -0.1) is 0 Å². The first-order chi connectivity index (χ1) is 10.2. The molecule has 3 aliphatic heterocycles. The zero-order chi connectivity index (χ0) is 14.9. The van der Waals surface area contributed by atoms with Crippen LogP contribution in [0.25, 0.3) is 0 Å². The van der Waals surface area contributed by atoms with Crippen molar-refractivity contribution in [2.24, 2.45) is 5.92 Å². The lowest BCUT2D eigenvalue weighted by atomic mass is 9.96. The van der Waals surface area contributed by atoms with Crippen molar-refractivity contribution in [3.63, 3.8) is 0 Å². The standard InChI is InChI=1S/C16H20Br2O3/c1-2-3-15-12-9-19-16(21-15,20-10-12)13-6-4-11(5-7-13)14(18)8-17/h4-7,12,14-15H,2-3,8-10H2,1H3. The second-order valence-electron chi connectivity index (χ2n) is 5.63. The number of halogens is 2. The van der Waals surface area contributed by atoms with E-state index in [2.05, 4.69) is 50.9 Å². The number of benzene rings is 1. The van der Waals surface area contributed by atoms with Gasteiger partial charge in [-0.2, -0.15) is 0 Å². The Kier molecular flexibility index (Phi) is 5.06. The molecule has 1 aromatic rings. The maximum Gasteiger partial charge on any atom is 0.312 e. The smallest absolute Gasteiger partial charge is 0.312 e. The largest absolute Gasteiger partial charge is 0.323 e. The van der Waals surface area contributed by atoms with Crippen LogP contribution in [-0.4, -0.2) is 24.6 Å². The van der Waals surface area contributed by atoms with Crippen molar-refractivity contribution in [1.29, 1.82) is 0 Å². The molecule has 2 atom stereocenters. The number of fused-ring (bicyclic) bond motifs is 3. The van der Waals surface area contributed by atoms with E-state index in [1.807, 2.05) is 12.1 Å². The van der Waals surface area contributed by atoms with Crippen molar-refractivity contribution >= 4 is 31.9 Å². The number of rotatable bonds is 5. The van der Waals surface area contributed by atoms with Crippen molar-refractivity contribution in [3.8, 4) is 0 Å². The molecule has 0 N–H and O–H groups in total. The van der Waals surface area contributed by atoms with Crippen LogP contribution in [0.2, 0.25) is 0 Å². The van der Waals surface area contributed by atoms with E-state index in [9.17, 15) is 0 Å². The number of hydrogen-bond donors (Lipinski definition) is 0. The fourth-order valence-corrected chi connectivity index (χ4v) is 3.58. The maximum atomic E-state index is 6.16. The molecule has 3 saturated heterocycles. The van der Waals surface area contributed by atoms with Crippen molar-refractivity contribution in [2.75, 3.05) is 18.5 Å². The molecule has 2 unspecified atom stereocenters. The third-order valence-electron chi connectivity index (χ3n) is 4.14. The summed E-state index contributed by atoms with van der Waals surface area (Å²) < 4.78 is 17.9. The molecule has 5 heteroatoms. The lowest BCUT2D eigenvalue weighted by Crippen LogP contribution is -2.56. The third kappa shape index (κ3) is 3.08. The maximum absolute atomic E-state index is 6.16. The molecular weight excluding hydrogens is 400 g/mol. The molecule has 0 aromatic heterocycles. The lowest BCUT2D eigenvalue weighted by molar-refractivity contribution is -0.479. The van der Waals surface area contributed by atoms with E-state index >= 15 is 0 Å². The van der Waals surface area contributed by atoms with Gasteiger partial charge in [-0.3, -0.25) is 0 Å². The Labute approximate surface area is 142 Å². The predicted molar refractivity (Wildman–Crippen MR) is 88.8 cm³/mol. The molecule has 0 aliphatic carbocycles. The summed E-state index contributed by atoms with van der Waals surface area (Å²) in [6.07, 6.45) is 2.42. The van der Waals surface area contributed by atoms with Gasteiger partial charge < -0.3 is 14.2 Å².